The van der Waals surface area contributed by atoms with Gasteiger partial charge >= 0.3 is 6.18 Å². The highest BCUT2D eigenvalue weighted by atomic mass is 19.4. The molecule has 2 aromatic carbocycles. The quantitative estimate of drug-likeness (QED) is 0.669. The Balaban J connectivity index is 1.49. The van der Waals surface area contributed by atoms with E-state index in [2.05, 4.69) is 37.2 Å². The maximum absolute atomic E-state index is 13.0. The van der Waals surface area contributed by atoms with Crippen LogP contribution in [-0.4, -0.2) is 36.1 Å². The van der Waals surface area contributed by atoms with E-state index in [1.807, 2.05) is 18.2 Å². The molecule has 0 amide bonds. The number of nitrogen functional groups attached to an aromatic ring is 1. The van der Waals surface area contributed by atoms with Crippen molar-refractivity contribution in [3.05, 3.63) is 66.5 Å². The van der Waals surface area contributed by atoms with Crippen LogP contribution in [0.4, 0.5) is 41.9 Å². The van der Waals surface area contributed by atoms with Crippen LogP contribution >= 0.6 is 0 Å². The van der Waals surface area contributed by atoms with Gasteiger partial charge in [0, 0.05) is 37.6 Å². The fraction of sp³-hybridized carbons (Fsp3) is 0.238. The van der Waals surface area contributed by atoms with Crippen LogP contribution in [0.25, 0.3) is 0 Å². The third kappa shape index (κ3) is 4.24. The number of hydrogen-bond acceptors (Lipinski definition) is 6. The van der Waals surface area contributed by atoms with Crippen molar-refractivity contribution < 1.29 is 13.2 Å². The number of para-hydroxylation sites is 1. The maximum atomic E-state index is 13.0. The van der Waals surface area contributed by atoms with E-state index in [1.54, 1.807) is 0 Å². The molecule has 1 aromatic heterocycles. The lowest BCUT2D eigenvalue weighted by molar-refractivity contribution is -0.137. The van der Waals surface area contributed by atoms with Crippen LogP contribution in [0.3, 0.4) is 0 Å². The minimum atomic E-state index is -4.42. The Kier molecular flexibility index (Phi) is 5.35. The van der Waals surface area contributed by atoms with Crippen molar-refractivity contribution in [2.75, 3.05) is 47.0 Å². The average Bonchev–Trinajstić information content (AvgIpc) is 2.76. The van der Waals surface area contributed by atoms with E-state index in [0.29, 0.717) is 11.5 Å². The second-order valence-corrected chi connectivity index (χ2v) is 6.97. The number of rotatable bonds is 4. The predicted molar refractivity (Wildman–Crippen MR) is 112 cm³/mol. The Bertz CT molecular complexity index is 1000. The SMILES string of the molecule is Nc1c(Nc2cccc(C(F)(F)F)c2)ncnc1N1CCN(c2ccccc2)CC1. The highest BCUT2D eigenvalue weighted by Gasteiger charge is 2.30. The first kappa shape index (κ1) is 19.8. The molecule has 3 aromatic rings. The summed E-state index contributed by atoms with van der Waals surface area (Å²) in [4.78, 5) is 12.8. The van der Waals surface area contributed by atoms with Gasteiger partial charge in [0.2, 0.25) is 0 Å². The lowest BCUT2D eigenvalue weighted by Gasteiger charge is -2.37. The molecule has 2 heterocycles. The smallest absolute Gasteiger partial charge is 0.393 e. The van der Waals surface area contributed by atoms with Crippen molar-refractivity contribution in [2.24, 2.45) is 0 Å². The molecular weight excluding hydrogens is 393 g/mol. The van der Waals surface area contributed by atoms with Crippen molar-refractivity contribution in [1.29, 1.82) is 0 Å². The normalized spacial score (nSPS) is 14.6. The number of nitrogens with one attached hydrogen (secondary N) is 1. The molecule has 30 heavy (non-hydrogen) atoms. The number of alkyl halides is 3. The summed E-state index contributed by atoms with van der Waals surface area (Å²) in [5.74, 6) is 0.858. The molecule has 1 saturated heterocycles. The summed E-state index contributed by atoms with van der Waals surface area (Å²) in [7, 11) is 0. The number of piperazine rings is 1. The third-order valence-electron chi connectivity index (χ3n) is 5.02. The molecule has 1 fully saturated rings. The zero-order chi connectivity index (χ0) is 21.1. The fourth-order valence-corrected chi connectivity index (χ4v) is 3.46. The first-order valence-corrected chi connectivity index (χ1v) is 9.51. The summed E-state index contributed by atoms with van der Waals surface area (Å²) >= 11 is 0. The van der Waals surface area contributed by atoms with Gasteiger partial charge in [-0.1, -0.05) is 24.3 Å². The molecule has 1 aliphatic heterocycles. The number of nitrogens with zero attached hydrogens (tertiary/aromatic N) is 4. The van der Waals surface area contributed by atoms with Crippen LogP contribution in [0.1, 0.15) is 5.56 Å². The molecule has 1 aliphatic rings. The topological polar surface area (TPSA) is 70.3 Å². The van der Waals surface area contributed by atoms with Crippen LogP contribution in [0.2, 0.25) is 0 Å². The Morgan fingerprint density at radius 2 is 1.57 bits per heavy atom. The summed E-state index contributed by atoms with van der Waals surface area (Å²) in [6, 6.07) is 15.1. The van der Waals surface area contributed by atoms with Crippen LogP contribution in [-0.2, 0) is 6.18 Å². The summed E-state index contributed by atoms with van der Waals surface area (Å²) < 4.78 is 38.9. The van der Waals surface area contributed by atoms with Gasteiger partial charge in [-0.2, -0.15) is 13.2 Å². The van der Waals surface area contributed by atoms with Crippen LogP contribution < -0.4 is 20.9 Å². The molecule has 0 aliphatic carbocycles. The van der Waals surface area contributed by atoms with E-state index in [4.69, 9.17) is 5.73 Å². The van der Waals surface area contributed by atoms with Gasteiger partial charge < -0.3 is 20.9 Å². The molecule has 0 atom stereocenters. The number of hydrogen-bond donors (Lipinski definition) is 2. The molecule has 3 N–H and O–H groups in total. The minimum Gasteiger partial charge on any atom is -0.393 e. The molecule has 4 rings (SSSR count). The molecule has 0 unspecified atom stereocenters. The number of benzene rings is 2. The van der Waals surface area contributed by atoms with Gasteiger partial charge in [0.25, 0.3) is 0 Å². The van der Waals surface area contributed by atoms with Crippen LogP contribution in [0, 0.1) is 0 Å². The predicted octanol–water partition coefficient (Wildman–Crippen LogP) is 4.15. The number of nitrogens with two attached hydrogens (primary N) is 1. The summed E-state index contributed by atoms with van der Waals surface area (Å²) in [6.45, 7) is 3.06. The van der Waals surface area contributed by atoms with Crippen LogP contribution in [0.15, 0.2) is 60.9 Å². The van der Waals surface area contributed by atoms with Crippen molar-refractivity contribution >= 4 is 28.7 Å². The van der Waals surface area contributed by atoms with Crippen molar-refractivity contribution in [1.82, 2.24) is 9.97 Å². The first-order chi connectivity index (χ1) is 14.4. The standard InChI is InChI=1S/C21H21F3N6/c22-21(23,24)15-5-4-6-16(13-15)28-19-18(25)20(27-14-26-19)30-11-9-29(10-12-30)17-7-2-1-3-8-17/h1-8,13-14H,9-12,25H2,(H,26,27,28). The minimum absolute atomic E-state index is 0.259. The lowest BCUT2D eigenvalue weighted by atomic mass is 10.2. The zero-order valence-corrected chi connectivity index (χ0v) is 16.1. The highest BCUT2D eigenvalue weighted by molar-refractivity contribution is 5.78. The van der Waals surface area contributed by atoms with Gasteiger partial charge in [-0.3, -0.25) is 0 Å². The van der Waals surface area contributed by atoms with Gasteiger partial charge in [0.05, 0.1) is 5.56 Å². The average molecular weight is 414 g/mol. The van der Waals surface area contributed by atoms with Gasteiger partial charge in [0.1, 0.15) is 12.0 Å². The Hall–Kier alpha value is -3.49. The maximum Gasteiger partial charge on any atom is 0.416 e. The number of aromatic nitrogens is 2. The summed E-state index contributed by atoms with van der Waals surface area (Å²) in [6.07, 6.45) is -3.05. The van der Waals surface area contributed by atoms with Crippen LogP contribution in [0.5, 0.6) is 0 Å². The van der Waals surface area contributed by atoms with Crippen molar-refractivity contribution in [2.45, 2.75) is 6.18 Å². The van der Waals surface area contributed by atoms with E-state index in [1.165, 1.54) is 24.1 Å². The van der Waals surface area contributed by atoms with Crippen molar-refractivity contribution in [3.63, 3.8) is 0 Å². The molecule has 0 radical (unpaired) electrons. The van der Waals surface area contributed by atoms with Crippen molar-refractivity contribution in [3.8, 4) is 0 Å². The monoisotopic (exact) mass is 414 g/mol. The van der Waals surface area contributed by atoms with Gasteiger partial charge in [0.15, 0.2) is 11.6 Å². The molecule has 0 spiro atoms. The molecule has 9 heteroatoms. The molecular formula is C21H21F3N6. The fourth-order valence-electron chi connectivity index (χ4n) is 3.46. The number of anilines is 5. The highest BCUT2D eigenvalue weighted by Crippen LogP contribution is 2.33. The number of halogens is 3. The van der Waals surface area contributed by atoms with E-state index in [0.717, 1.165) is 38.3 Å². The first-order valence-electron chi connectivity index (χ1n) is 9.51. The summed E-state index contributed by atoms with van der Waals surface area (Å²) in [5, 5.41) is 2.89. The largest absolute Gasteiger partial charge is 0.416 e. The van der Waals surface area contributed by atoms with Gasteiger partial charge in [-0.05, 0) is 30.3 Å². The Morgan fingerprint density at radius 3 is 2.27 bits per heavy atom. The van der Waals surface area contributed by atoms with Gasteiger partial charge in [-0.25, -0.2) is 9.97 Å². The molecule has 156 valence electrons. The van der Waals surface area contributed by atoms with E-state index >= 15 is 0 Å². The molecule has 6 nitrogen and oxygen atoms in total. The summed E-state index contributed by atoms with van der Waals surface area (Å²) in [5.41, 5.74) is 7.26. The van der Waals surface area contributed by atoms with E-state index in [-0.39, 0.29) is 11.5 Å². The zero-order valence-electron chi connectivity index (χ0n) is 16.1. The Morgan fingerprint density at radius 1 is 0.867 bits per heavy atom. The third-order valence-corrected chi connectivity index (χ3v) is 5.02. The molecule has 0 saturated carbocycles. The van der Waals surface area contributed by atoms with E-state index in [9.17, 15) is 13.2 Å². The Labute approximate surface area is 172 Å². The molecule has 0 bridgehead atoms. The van der Waals surface area contributed by atoms with E-state index < -0.39 is 11.7 Å². The second kappa shape index (κ2) is 8.10. The van der Waals surface area contributed by atoms with Gasteiger partial charge in [-0.15, -0.1) is 0 Å². The lowest BCUT2D eigenvalue weighted by Crippen LogP contribution is -2.47. The second-order valence-electron chi connectivity index (χ2n) is 6.97.